The zero-order valence-corrected chi connectivity index (χ0v) is 11.2. The number of likely N-dealkylation sites (tertiary alicyclic amines) is 1. The van der Waals surface area contributed by atoms with Crippen LogP contribution in [0.25, 0.3) is 5.52 Å². The molecule has 1 aliphatic heterocycles. The maximum Gasteiger partial charge on any atom is 0.177 e. The maximum absolute atomic E-state index is 9.39. The fourth-order valence-electron chi connectivity index (χ4n) is 2.64. The third-order valence-electron chi connectivity index (χ3n) is 3.63. The van der Waals surface area contributed by atoms with Crippen LogP contribution in [0.15, 0.2) is 24.4 Å². The van der Waals surface area contributed by atoms with E-state index >= 15 is 0 Å². The number of nitrogens with zero attached hydrogens (tertiary/aromatic N) is 4. The summed E-state index contributed by atoms with van der Waals surface area (Å²) in [6.45, 7) is 3.95. The van der Waals surface area contributed by atoms with Gasteiger partial charge >= 0.3 is 0 Å². The van der Waals surface area contributed by atoms with Gasteiger partial charge in [-0.25, -0.2) is 4.52 Å². The lowest BCUT2D eigenvalue weighted by Crippen LogP contribution is -2.26. The number of rotatable bonds is 5. The molecule has 20 heavy (non-hydrogen) atoms. The van der Waals surface area contributed by atoms with E-state index in [4.69, 9.17) is 0 Å². The van der Waals surface area contributed by atoms with Crippen LogP contribution in [0.1, 0.15) is 12.8 Å². The smallest absolute Gasteiger partial charge is 0.177 e. The Kier molecular flexibility index (Phi) is 3.72. The van der Waals surface area contributed by atoms with E-state index in [1.807, 2.05) is 12.1 Å². The maximum atomic E-state index is 9.39. The minimum Gasteiger partial charge on any atom is -0.365 e. The number of anilines is 2. The van der Waals surface area contributed by atoms with Crippen molar-refractivity contribution in [3.8, 4) is 0 Å². The third-order valence-corrected chi connectivity index (χ3v) is 3.63. The highest BCUT2D eigenvalue weighted by Gasteiger charge is 2.17. The minimum absolute atomic E-state index is 0.126. The van der Waals surface area contributed by atoms with Gasteiger partial charge in [0.25, 0.3) is 0 Å². The van der Waals surface area contributed by atoms with Crippen LogP contribution < -0.4 is 10.5 Å². The Balaban J connectivity index is 1.74. The number of aromatic nitrogens is 2. The second kappa shape index (κ2) is 5.66. The second-order valence-corrected chi connectivity index (χ2v) is 4.99. The summed E-state index contributed by atoms with van der Waals surface area (Å²) in [4.78, 5) is 2.39. The molecule has 2 aromatic heterocycles. The zero-order chi connectivity index (χ0) is 13.9. The molecule has 0 amide bonds. The number of fused-ring (bicyclic) bond motifs is 1. The molecule has 3 heterocycles. The second-order valence-electron chi connectivity index (χ2n) is 4.99. The van der Waals surface area contributed by atoms with Gasteiger partial charge in [0.05, 0.1) is 5.52 Å². The van der Waals surface area contributed by atoms with Crippen LogP contribution in [0.3, 0.4) is 0 Å². The quantitative estimate of drug-likeness (QED) is 0.718. The summed E-state index contributed by atoms with van der Waals surface area (Å²) in [5.74, 6) is 0.473. The van der Waals surface area contributed by atoms with Crippen molar-refractivity contribution in [3.63, 3.8) is 0 Å². The average molecular weight is 277 g/mol. The van der Waals surface area contributed by atoms with Gasteiger partial charge in [0.15, 0.2) is 11.5 Å². The molecule has 2 aromatic rings. The number of hydrogen-bond donors (Lipinski definition) is 3. The summed E-state index contributed by atoms with van der Waals surface area (Å²) in [6, 6.07) is 5.46. The van der Waals surface area contributed by atoms with Crippen molar-refractivity contribution < 1.29 is 10.4 Å². The highest BCUT2D eigenvalue weighted by Crippen LogP contribution is 2.28. The molecule has 1 fully saturated rings. The summed E-state index contributed by atoms with van der Waals surface area (Å²) in [5.41, 5.74) is 0.910. The van der Waals surface area contributed by atoms with Crippen LogP contribution in [-0.4, -0.2) is 51.1 Å². The van der Waals surface area contributed by atoms with Crippen LogP contribution in [0, 0.1) is 0 Å². The largest absolute Gasteiger partial charge is 0.365 e. The molecule has 1 aliphatic rings. The van der Waals surface area contributed by atoms with Crippen molar-refractivity contribution in [2.75, 3.05) is 36.7 Å². The van der Waals surface area contributed by atoms with E-state index in [2.05, 4.69) is 15.3 Å². The summed E-state index contributed by atoms with van der Waals surface area (Å²) in [7, 11) is 0. The predicted octanol–water partition coefficient (Wildman–Crippen LogP) is 1.43. The van der Waals surface area contributed by atoms with Gasteiger partial charge in [0.2, 0.25) is 0 Å². The molecule has 0 unspecified atom stereocenters. The number of hydrogen-bond acceptors (Lipinski definition) is 6. The van der Waals surface area contributed by atoms with E-state index in [0.29, 0.717) is 11.3 Å². The third kappa shape index (κ3) is 2.55. The Morgan fingerprint density at radius 3 is 2.80 bits per heavy atom. The normalized spacial score (nSPS) is 15.9. The molecular formula is C13H19N5O2. The van der Waals surface area contributed by atoms with Crippen molar-refractivity contribution >= 4 is 17.0 Å². The van der Waals surface area contributed by atoms with Crippen molar-refractivity contribution in [3.05, 3.63) is 24.4 Å². The van der Waals surface area contributed by atoms with Crippen molar-refractivity contribution in [2.45, 2.75) is 12.8 Å². The molecule has 3 N–H and O–H groups in total. The Morgan fingerprint density at radius 2 is 2.05 bits per heavy atom. The van der Waals surface area contributed by atoms with Crippen LogP contribution >= 0.6 is 0 Å². The van der Waals surface area contributed by atoms with Gasteiger partial charge in [-0.15, -0.1) is 10.3 Å². The van der Waals surface area contributed by atoms with Gasteiger partial charge in [-0.3, -0.25) is 10.4 Å². The highest BCUT2D eigenvalue weighted by atomic mass is 16.8. The molecule has 0 aliphatic carbocycles. The Hall–Kier alpha value is -1.83. The van der Waals surface area contributed by atoms with E-state index in [1.54, 1.807) is 16.8 Å². The first kappa shape index (κ1) is 13.2. The summed E-state index contributed by atoms with van der Waals surface area (Å²) in [6.07, 6.45) is 4.30. The van der Waals surface area contributed by atoms with E-state index in [9.17, 15) is 10.4 Å². The molecule has 0 radical (unpaired) electrons. The van der Waals surface area contributed by atoms with Crippen molar-refractivity contribution in [1.82, 2.24) is 14.5 Å². The summed E-state index contributed by atoms with van der Waals surface area (Å²) < 4.78 is 1.62. The summed E-state index contributed by atoms with van der Waals surface area (Å²) >= 11 is 0. The summed E-state index contributed by atoms with van der Waals surface area (Å²) in [5, 5.41) is 26.4. The van der Waals surface area contributed by atoms with Gasteiger partial charge in [-0.1, -0.05) is 6.07 Å². The van der Waals surface area contributed by atoms with Gasteiger partial charge < -0.3 is 10.2 Å². The van der Waals surface area contributed by atoms with Gasteiger partial charge in [0.1, 0.15) is 0 Å². The Labute approximate surface area is 116 Å². The average Bonchev–Trinajstić information content (AvgIpc) is 3.05. The molecule has 0 saturated carbocycles. The van der Waals surface area contributed by atoms with Crippen LogP contribution in [-0.2, 0) is 0 Å². The van der Waals surface area contributed by atoms with Gasteiger partial charge in [0, 0.05) is 19.3 Å². The topological polar surface area (TPSA) is 76.3 Å². The lowest BCUT2D eigenvalue weighted by molar-refractivity contribution is 0.0303. The number of pyridine rings is 1. The number of nitrogens with one attached hydrogen (secondary N) is 1. The van der Waals surface area contributed by atoms with E-state index in [-0.39, 0.29) is 10.9 Å². The lowest BCUT2D eigenvalue weighted by Gasteiger charge is -2.15. The van der Waals surface area contributed by atoms with E-state index < -0.39 is 0 Å². The Morgan fingerprint density at radius 1 is 1.25 bits per heavy atom. The van der Waals surface area contributed by atoms with E-state index in [0.717, 1.165) is 26.2 Å². The molecule has 3 rings (SSSR count). The molecule has 108 valence electrons. The fourth-order valence-corrected chi connectivity index (χ4v) is 2.64. The highest BCUT2D eigenvalue weighted by molar-refractivity contribution is 5.82. The minimum atomic E-state index is 0.126. The first-order chi connectivity index (χ1) is 9.75. The molecule has 1 saturated heterocycles. The molecule has 0 spiro atoms. The molecule has 0 aromatic carbocycles. The van der Waals surface area contributed by atoms with Gasteiger partial charge in [-0.2, -0.15) is 0 Å². The molecule has 0 atom stereocenters. The standard InChI is InChI=1S/C13H19N5O2/c19-18(20)12-11-5-1-2-9-17(11)15-13(12)14-6-10-16-7-3-4-8-16/h1-2,5,9,19-20H,3-4,6-8,10H2,(H,14,15). The molecule has 7 nitrogen and oxygen atoms in total. The zero-order valence-electron chi connectivity index (χ0n) is 11.2. The molecule has 0 bridgehead atoms. The molecular weight excluding hydrogens is 258 g/mol. The SMILES string of the molecule is ON(O)c1c(NCCN2CCCC2)nn2ccccc12. The van der Waals surface area contributed by atoms with Crippen LogP contribution in [0.4, 0.5) is 11.5 Å². The molecule has 7 heteroatoms. The predicted molar refractivity (Wildman–Crippen MR) is 75.4 cm³/mol. The van der Waals surface area contributed by atoms with Crippen LogP contribution in [0.2, 0.25) is 0 Å². The lowest BCUT2D eigenvalue weighted by atomic mass is 10.3. The van der Waals surface area contributed by atoms with Crippen molar-refractivity contribution in [2.24, 2.45) is 0 Å². The van der Waals surface area contributed by atoms with Crippen molar-refractivity contribution in [1.29, 1.82) is 0 Å². The van der Waals surface area contributed by atoms with Crippen LogP contribution in [0.5, 0.6) is 0 Å². The van der Waals surface area contributed by atoms with E-state index in [1.165, 1.54) is 12.8 Å². The van der Waals surface area contributed by atoms with Gasteiger partial charge in [-0.05, 0) is 38.1 Å². The fraction of sp³-hybridized carbons (Fsp3) is 0.462. The first-order valence-corrected chi connectivity index (χ1v) is 6.87. The first-order valence-electron chi connectivity index (χ1n) is 6.87. The monoisotopic (exact) mass is 277 g/mol. The Bertz CT molecular complexity index is 577.